The monoisotopic (exact) mass is 363 g/mol. The Labute approximate surface area is 132 Å². The van der Waals surface area contributed by atoms with Crippen LogP contribution < -0.4 is 0 Å². The van der Waals surface area contributed by atoms with E-state index in [2.05, 4.69) is 0 Å². The summed E-state index contributed by atoms with van der Waals surface area (Å²) in [6, 6.07) is 3.62. The smallest absolute Gasteiger partial charge is 0.373 e. The van der Waals surface area contributed by atoms with Crippen molar-refractivity contribution in [3.63, 3.8) is 0 Å². The third kappa shape index (κ3) is 10.3. The molecule has 23 heavy (non-hydrogen) atoms. The molecule has 4 nitrogen and oxygen atoms in total. The minimum absolute atomic E-state index is 0.427. The average Bonchev–Trinajstić information content (AvgIpc) is 2.42. The number of hydrogen-bond acceptors (Lipinski definition) is 2. The lowest BCUT2D eigenvalue weighted by molar-refractivity contribution is -0.0245. The molecule has 0 bridgehead atoms. The van der Waals surface area contributed by atoms with Gasteiger partial charge in [-0.25, -0.2) is 8.78 Å². The molecular formula is C12H18BF5O4P+. The fourth-order valence-electron chi connectivity index (χ4n) is 1.89. The zero-order valence-electron chi connectivity index (χ0n) is 12.8. The van der Waals surface area contributed by atoms with E-state index in [9.17, 15) is 21.7 Å². The highest BCUT2D eigenvalue weighted by molar-refractivity contribution is 7.30. The van der Waals surface area contributed by atoms with Crippen molar-refractivity contribution in [3.8, 4) is 0 Å². The van der Waals surface area contributed by atoms with Crippen molar-refractivity contribution in [2.24, 2.45) is 0 Å². The molecule has 0 radical (unpaired) electrons. The fraction of sp³-hybridized carbons (Fsp3) is 0.500. The molecule has 132 valence electrons. The molecule has 0 spiro atoms. The van der Waals surface area contributed by atoms with E-state index in [4.69, 9.17) is 19.1 Å². The molecular weight excluding hydrogens is 345 g/mol. The molecule has 0 unspecified atom stereocenters. The summed E-state index contributed by atoms with van der Waals surface area (Å²) in [5.41, 5.74) is -0.214. The van der Waals surface area contributed by atoms with Gasteiger partial charge in [-0.1, -0.05) is 19.9 Å². The van der Waals surface area contributed by atoms with Crippen LogP contribution in [0.5, 0.6) is 0 Å². The van der Waals surface area contributed by atoms with E-state index in [1.54, 1.807) is 7.11 Å². The summed E-state index contributed by atoms with van der Waals surface area (Å²) >= 11 is 0. The highest BCUT2D eigenvalue weighted by Gasteiger charge is 2.30. The van der Waals surface area contributed by atoms with Crippen LogP contribution in [0.25, 0.3) is 0 Å². The van der Waals surface area contributed by atoms with Crippen molar-refractivity contribution in [1.82, 2.24) is 0 Å². The molecule has 0 aliphatic rings. The third-order valence-corrected chi connectivity index (χ3v) is 2.95. The van der Waals surface area contributed by atoms with Gasteiger partial charge in [0.1, 0.15) is 11.6 Å². The zero-order chi connectivity index (χ0) is 18.6. The minimum atomic E-state index is -3.67. The Bertz CT molecular complexity index is 460. The van der Waals surface area contributed by atoms with Crippen LogP contribution in [0.3, 0.4) is 0 Å². The molecule has 0 amide bonds. The summed E-state index contributed by atoms with van der Waals surface area (Å²) in [5.74, 6) is -1.10. The zero-order valence-corrected chi connectivity index (χ0v) is 13.7. The van der Waals surface area contributed by atoms with Crippen molar-refractivity contribution in [2.75, 3.05) is 7.11 Å². The molecule has 0 fully saturated rings. The van der Waals surface area contributed by atoms with Crippen molar-refractivity contribution >= 4 is 15.8 Å². The standard InChI is InChI=1S/C12H16F2O.BF3.HO3P/c1-4-12(5-2,15-3)10-7-6-9(13)8-11(10)14;2-1(3)4;1-4(2)3/h6-8H,4-5H2,1-3H3;;(H-,1,2,3)/p+1. The van der Waals surface area contributed by atoms with Crippen LogP contribution in [0, 0.1) is 11.6 Å². The van der Waals surface area contributed by atoms with E-state index in [-0.39, 0.29) is 0 Å². The Hall–Kier alpha value is -1.09. The Balaban J connectivity index is 0. The first-order valence-electron chi connectivity index (χ1n) is 6.34. The van der Waals surface area contributed by atoms with Gasteiger partial charge in [0.05, 0.1) is 5.60 Å². The quantitative estimate of drug-likeness (QED) is 0.480. The molecule has 1 rings (SSSR count). The second-order valence-corrected chi connectivity index (χ2v) is 4.54. The molecule has 0 saturated carbocycles. The van der Waals surface area contributed by atoms with E-state index in [1.165, 1.54) is 12.1 Å². The van der Waals surface area contributed by atoms with Gasteiger partial charge in [0.15, 0.2) is 0 Å². The van der Waals surface area contributed by atoms with Gasteiger partial charge in [-0.05, 0) is 18.9 Å². The molecule has 0 aromatic heterocycles. The summed E-state index contributed by atoms with van der Waals surface area (Å²) in [6.07, 6.45) is 1.31. The van der Waals surface area contributed by atoms with Gasteiger partial charge in [0.2, 0.25) is 0 Å². The lowest BCUT2D eigenvalue weighted by Gasteiger charge is -2.31. The molecule has 2 N–H and O–H groups in total. The maximum absolute atomic E-state index is 13.6. The Kier molecular flexibility index (Phi) is 13.0. The van der Waals surface area contributed by atoms with E-state index >= 15 is 0 Å². The molecule has 0 atom stereocenters. The predicted molar refractivity (Wildman–Crippen MR) is 76.7 cm³/mol. The first-order valence-corrected chi connectivity index (χ1v) is 7.50. The number of hydrogen-bond donors (Lipinski definition) is 2. The molecule has 11 heteroatoms. The summed E-state index contributed by atoms with van der Waals surface area (Å²) in [7, 11) is -4.99. The average molecular weight is 363 g/mol. The number of rotatable bonds is 4. The summed E-state index contributed by atoms with van der Waals surface area (Å²) in [6.45, 7) is 3.85. The fourth-order valence-corrected chi connectivity index (χ4v) is 1.89. The van der Waals surface area contributed by atoms with Crippen LogP contribution in [0.1, 0.15) is 32.3 Å². The maximum Gasteiger partial charge on any atom is 0.762 e. The molecule has 0 saturated heterocycles. The van der Waals surface area contributed by atoms with Gasteiger partial charge in [0.25, 0.3) is 0 Å². The number of halogens is 5. The van der Waals surface area contributed by atoms with Gasteiger partial charge >= 0.3 is 15.8 Å². The lowest BCUT2D eigenvalue weighted by atomic mass is 9.88. The van der Waals surface area contributed by atoms with Gasteiger partial charge in [-0.15, -0.1) is 9.79 Å². The van der Waals surface area contributed by atoms with E-state index in [1.807, 2.05) is 13.8 Å². The maximum atomic E-state index is 13.6. The number of benzene rings is 1. The summed E-state index contributed by atoms with van der Waals surface area (Å²) in [4.78, 5) is 14.2. The Morgan fingerprint density at radius 1 is 1.17 bits per heavy atom. The molecule has 1 aromatic carbocycles. The second kappa shape index (κ2) is 12.4. The Morgan fingerprint density at radius 2 is 1.57 bits per heavy atom. The topological polar surface area (TPSA) is 66.8 Å². The number of ether oxygens (including phenoxy) is 1. The summed E-state index contributed by atoms with van der Waals surface area (Å²) in [5, 5.41) is 0. The van der Waals surface area contributed by atoms with Gasteiger partial charge in [-0.3, -0.25) is 12.9 Å². The van der Waals surface area contributed by atoms with Gasteiger partial charge in [0, 0.05) is 23.3 Å². The SMILES string of the molecule is CCC(CC)(OC)c1ccc(F)cc1F.FB(F)F.O=[P+](O)O. The molecule has 1 aromatic rings. The first-order chi connectivity index (χ1) is 10.6. The van der Waals surface area contributed by atoms with Crippen molar-refractivity contribution in [2.45, 2.75) is 32.3 Å². The Morgan fingerprint density at radius 3 is 1.83 bits per heavy atom. The summed E-state index contributed by atoms with van der Waals surface area (Å²) < 4.78 is 69.4. The van der Waals surface area contributed by atoms with Crippen molar-refractivity contribution in [1.29, 1.82) is 0 Å². The van der Waals surface area contributed by atoms with Crippen LogP contribution in [0.15, 0.2) is 18.2 Å². The largest absolute Gasteiger partial charge is 0.762 e. The van der Waals surface area contributed by atoms with Crippen LogP contribution in [0.2, 0.25) is 0 Å². The lowest BCUT2D eigenvalue weighted by Crippen LogP contribution is -2.28. The first kappa shape index (κ1) is 24.2. The third-order valence-electron chi connectivity index (χ3n) is 2.95. The van der Waals surface area contributed by atoms with Gasteiger partial charge < -0.3 is 4.74 Å². The van der Waals surface area contributed by atoms with Gasteiger partial charge in [-0.2, -0.15) is 0 Å². The molecule has 0 aliphatic heterocycles. The van der Waals surface area contributed by atoms with Crippen LogP contribution in [-0.4, -0.2) is 24.4 Å². The van der Waals surface area contributed by atoms with Crippen molar-refractivity contribution < 1.29 is 40.8 Å². The van der Waals surface area contributed by atoms with Crippen LogP contribution in [0.4, 0.5) is 21.7 Å². The second-order valence-electron chi connectivity index (χ2n) is 4.03. The predicted octanol–water partition coefficient (Wildman–Crippen LogP) is 4.13. The van der Waals surface area contributed by atoms with E-state index < -0.39 is 33.0 Å². The van der Waals surface area contributed by atoms with Crippen LogP contribution in [-0.2, 0) is 14.9 Å². The highest BCUT2D eigenvalue weighted by Crippen LogP contribution is 2.34. The molecule has 0 aliphatic carbocycles. The van der Waals surface area contributed by atoms with E-state index in [0.717, 1.165) is 6.07 Å². The highest BCUT2D eigenvalue weighted by atomic mass is 31.1. The van der Waals surface area contributed by atoms with Crippen LogP contribution >= 0.6 is 8.25 Å². The van der Waals surface area contributed by atoms with E-state index in [0.29, 0.717) is 18.4 Å². The normalized spacial score (nSPS) is 10.0. The van der Waals surface area contributed by atoms with Crippen molar-refractivity contribution in [3.05, 3.63) is 35.4 Å². The molecule has 0 heterocycles. The minimum Gasteiger partial charge on any atom is -0.373 e. The number of methoxy groups -OCH3 is 1.